The van der Waals surface area contributed by atoms with Crippen molar-refractivity contribution >= 4 is 5.78 Å². The fraction of sp³-hybridized carbons (Fsp3) is 0.842. The van der Waals surface area contributed by atoms with Gasteiger partial charge in [0, 0.05) is 18.3 Å². The SMILES string of the molecule is C[C@@]1(O)CC[C@H]2C(=C(F)C[C@@H]3[C@@H]2CC[C@]2(C)C(=O)CC[C@@H]32)C1. The van der Waals surface area contributed by atoms with Gasteiger partial charge >= 0.3 is 0 Å². The van der Waals surface area contributed by atoms with E-state index in [4.69, 9.17) is 0 Å². The van der Waals surface area contributed by atoms with E-state index in [1.54, 1.807) is 0 Å². The molecule has 3 fully saturated rings. The van der Waals surface area contributed by atoms with Gasteiger partial charge in [0.25, 0.3) is 0 Å². The van der Waals surface area contributed by atoms with Crippen molar-refractivity contribution in [2.45, 2.75) is 70.8 Å². The van der Waals surface area contributed by atoms with Crippen LogP contribution in [-0.4, -0.2) is 16.5 Å². The van der Waals surface area contributed by atoms with Gasteiger partial charge in [0.15, 0.2) is 0 Å². The topological polar surface area (TPSA) is 37.3 Å². The second-order valence-electron chi connectivity index (χ2n) is 8.81. The van der Waals surface area contributed by atoms with Crippen LogP contribution in [0.15, 0.2) is 11.4 Å². The third-order valence-corrected chi connectivity index (χ3v) is 7.49. The Labute approximate surface area is 132 Å². The number of hydrogen-bond acceptors (Lipinski definition) is 2. The first-order valence-electron chi connectivity index (χ1n) is 8.95. The molecule has 1 N–H and O–H groups in total. The number of fused-ring (bicyclic) bond motifs is 5. The summed E-state index contributed by atoms with van der Waals surface area (Å²) in [5.74, 6) is 2.04. The van der Waals surface area contributed by atoms with Crippen molar-refractivity contribution in [2.75, 3.05) is 0 Å². The normalized spacial score (nSPS) is 51.4. The summed E-state index contributed by atoms with van der Waals surface area (Å²) in [4.78, 5) is 12.3. The zero-order valence-corrected chi connectivity index (χ0v) is 13.7. The van der Waals surface area contributed by atoms with Crippen molar-refractivity contribution in [1.82, 2.24) is 0 Å². The van der Waals surface area contributed by atoms with Gasteiger partial charge in [-0.1, -0.05) is 6.92 Å². The monoisotopic (exact) mass is 306 g/mol. The molecule has 4 aliphatic carbocycles. The van der Waals surface area contributed by atoms with E-state index in [0.29, 0.717) is 48.7 Å². The van der Waals surface area contributed by atoms with Crippen LogP contribution in [0.4, 0.5) is 4.39 Å². The van der Waals surface area contributed by atoms with Gasteiger partial charge in [0.05, 0.1) is 11.4 Å². The molecule has 22 heavy (non-hydrogen) atoms. The first-order valence-corrected chi connectivity index (χ1v) is 8.95. The number of ketones is 1. The highest BCUT2D eigenvalue weighted by Crippen LogP contribution is 2.61. The Morgan fingerprint density at radius 2 is 1.91 bits per heavy atom. The second-order valence-corrected chi connectivity index (χ2v) is 8.81. The van der Waals surface area contributed by atoms with Gasteiger partial charge in [0.2, 0.25) is 0 Å². The van der Waals surface area contributed by atoms with Crippen LogP contribution in [0.25, 0.3) is 0 Å². The Balaban J connectivity index is 1.68. The standard InChI is InChI=1S/C19H27FO2/c1-18(22)7-5-12-11-6-8-19(2)15(3-4-17(19)21)13(11)9-16(20)14(12)10-18/h11-13,15,22H,3-10H2,1-2H3/t11-,12-,13-,15+,18-,19+/m1/s1. The molecule has 6 atom stereocenters. The predicted molar refractivity (Wildman–Crippen MR) is 82.8 cm³/mol. The highest BCUT2D eigenvalue weighted by atomic mass is 19.1. The zero-order chi connectivity index (χ0) is 15.7. The van der Waals surface area contributed by atoms with Crippen LogP contribution in [0.3, 0.4) is 0 Å². The Hall–Kier alpha value is -0.700. The summed E-state index contributed by atoms with van der Waals surface area (Å²) in [5.41, 5.74) is -0.00725. The molecule has 0 unspecified atom stereocenters. The smallest absolute Gasteiger partial charge is 0.139 e. The van der Waals surface area contributed by atoms with E-state index in [0.717, 1.165) is 37.7 Å². The highest BCUT2D eigenvalue weighted by Gasteiger charge is 2.57. The average molecular weight is 306 g/mol. The number of Topliss-reactive ketones (excluding diaryl/α,β-unsaturated/α-hetero) is 1. The molecule has 0 saturated heterocycles. The first-order chi connectivity index (χ1) is 10.3. The highest BCUT2D eigenvalue weighted by molar-refractivity contribution is 5.87. The molecule has 4 aliphatic rings. The maximum Gasteiger partial charge on any atom is 0.139 e. The molecule has 0 spiro atoms. The molecule has 0 aromatic heterocycles. The molecule has 3 saturated carbocycles. The first kappa shape index (κ1) is 14.9. The predicted octanol–water partition coefficient (Wildman–Crippen LogP) is 4.18. The van der Waals surface area contributed by atoms with Gasteiger partial charge in [-0.05, 0) is 74.7 Å². The molecule has 0 bridgehead atoms. The minimum atomic E-state index is -0.734. The molecule has 0 aromatic rings. The minimum Gasteiger partial charge on any atom is -0.390 e. The molecule has 0 aromatic carbocycles. The lowest BCUT2D eigenvalue weighted by molar-refractivity contribution is -0.131. The van der Waals surface area contributed by atoms with Gasteiger partial charge in [-0.2, -0.15) is 0 Å². The summed E-state index contributed by atoms with van der Waals surface area (Å²) in [5, 5.41) is 10.3. The second kappa shape index (κ2) is 4.66. The lowest BCUT2D eigenvalue weighted by Crippen LogP contribution is -2.48. The summed E-state index contributed by atoms with van der Waals surface area (Å²) in [6.45, 7) is 3.97. The van der Waals surface area contributed by atoms with Crippen molar-refractivity contribution in [1.29, 1.82) is 0 Å². The summed E-state index contributed by atoms with van der Waals surface area (Å²) in [6.07, 6.45) is 6.42. The minimum absolute atomic E-state index is 0.0369. The maximum absolute atomic E-state index is 14.8. The summed E-state index contributed by atoms with van der Waals surface area (Å²) < 4.78 is 14.8. The molecule has 4 rings (SSSR count). The Morgan fingerprint density at radius 1 is 1.14 bits per heavy atom. The fourth-order valence-electron chi connectivity index (χ4n) is 6.26. The molecule has 3 heteroatoms. The summed E-state index contributed by atoms with van der Waals surface area (Å²) in [6, 6.07) is 0. The van der Waals surface area contributed by atoms with Crippen LogP contribution in [-0.2, 0) is 4.79 Å². The lowest BCUT2D eigenvalue weighted by Gasteiger charge is -2.52. The van der Waals surface area contributed by atoms with E-state index in [1.807, 2.05) is 6.92 Å². The van der Waals surface area contributed by atoms with Crippen LogP contribution < -0.4 is 0 Å². The van der Waals surface area contributed by atoms with Crippen molar-refractivity contribution in [2.24, 2.45) is 29.1 Å². The fourth-order valence-corrected chi connectivity index (χ4v) is 6.26. The van der Waals surface area contributed by atoms with Gasteiger partial charge < -0.3 is 5.11 Å². The Bertz CT molecular complexity index is 550. The van der Waals surface area contributed by atoms with Crippen LogP contribution in [0.2, 0.25) is 0 Å². The van der Waals surface area contributed by atoms with Crippen LogP contribution in [0, 0.1) is 29.1 Å². The van der Waals surface area contributed by atoms with E-state index in [1.165, 1.54) is 0 Å². The molecule has 0 amide bonds. The van der Waals surface area contributed by atoms with Gasteiger partial charge in [-0.25, -0.2) is 4.39 Å². The molecule has 0 aliphatic heterocycles. The van der Waals surface area contributed by atoms with E-state index in [2.05, 4.69) is 6.92 Å². The van der Waals surface area contributed by atoms with Gasteiger partial charge in [-0.3, -0.25) is 4.79 Å². The van der Waals surface area contributed by atoms with Crippen LogP contribution in [0.5, 0.6) is 0 Å². The number of aliphatic hydroxyl groups is 1. The largest absolute Gasteiger partial charge is 0.390 e. The number of carbonyl (C=O) groups excluding carboxylic acids is 1. The third-order valence-electron chi connectivity index (χ3n) is 7.49. The number of halogens is 1. The quantitative estimate of drug-likeness (QED) is 0.729. The van der Waals surface area contributed by atoms with Crippen LogP contribution >= 0.6 is 0 Å². The third kappa shape index (κ3) is 1.97. The molecule has 122 valence electrons. The van der Waals surface area contributed by atoms with Gasteiger partial charge in [0.1, 0.15) is 5.78 Å². The molecular weight excluding hydrogens is 279 g/mol. The summed E-state index contributed by atoms with van der Waals surface area (Å²) in [7, 11) is 0. The van der Waals surface area contributed by atoms with E-state index >= 15 is 0 Å². The molecular formula is C19H27FO2. The Morgan fingerprint density at radius 3 is 2.68 bits per heavy atom. The maximum atomic E-state index is 14.8. The number of allylic oxidation sites excluding steroid dienone is 1. The summed E-state index contributed by atoms with van der Waals surface area (Å²) >= 11 is 0. The van der Waals surface area contributed by atoms with Crippen molar-refractivity contribution in [3.05, 3.63) is 11.4 Å². The van der Waals surface area contributed by atoms with Crippen molar-refractivity contribution in [3.63, 3.8) is 0 Å². The van der Waals surface area contributed by atoms with E-state index in [-0.39, 0.29) is 11.2 Å². The molecule has 0 radical (unpaired) electrons. The molecule has 2 nitrogen and oxygen atoms in total. The van der Waals surface area contributed by atoms with Crippen molar-refractivity contribution in [3.8, 4) is 0 Å². The zero-order valence-electron chi connectivity index (χ0n) is 13.7. The van der Waals surface area contributed by atoms with Gasteiger partial charge in [-0.15, -0.1) is 0 Å². The Kier molecular flexibility index (Phi) is 3.15. The number of hydrogen-bond donors (Lipinski definition) is 1. The average Bonchev–Trinajstić information content (AvgIpc) is 2.75. The van der Waals surface area contributed by atoms with E-state index < -0.39 is 5.60 Å². The van der Waals surface area contributed by atoms with Crippen LogP contribution in [0.1, 0.15) is 65.2 Å². The lowest BCUT2D eigenvalue weighted by atomic mass is 9.52. The van der Waals surface area contributed by atoms with Crippen molar-refractivity contribution < 1.29 is 14.3 Å². The molecule has 0 heterocycles. The number of carbonyl (C=O) groups is 1. The van der Waals surface area contributed by atoms with E-state index in [9.17, 15) is 14.3 Å². The number of rotatable bonds is 0.